The number of hydrogen-bond acceptors (Lipinski definition) is 3. The van der Waals surface area contributed by atoms with Gasteiger partial charge in [0.2, 0.25) is 5.52 Å². The molecule has 1 aliphatic heterocycles. The number of aromatic nitrogens is 1. The molecule has 0 unspecified atom stereocenters. The lowest BCUT2D eigenvalue weighted by Gasteiger charge is -2.14. The number of para-hydroxylation sites is 1. The van der Waals surface area contributed by atoms with Crippen molar-refractivity contribution in [2.45, 2.75) is 24.8 Å². The van der Waals surface area contributed by atoms with Crippen LogP contribution in [-0.4, -0.2) is 18.1 Å². The molecule has 2 aromatic carbocycles. The Hall–Kier alpha value is -2.79. The molecule has 0 saturated heterocycles. The van der Waals surface area contributed by atoms with Crippen LogP contribution in [0.25, 0.3) is 17.0 Å². The van der Waals surface area contributed by atoms with Crippen LogP contribution in [-0.2, 0) is 11.3 Å². The highest BCUT2D eigenvalue weighted by molar-refractivity contribution is 8.03. The molecule has 1 N–H and O–H groups in total. The molecule has 4 rings (SSSR count). The van der Waals surface area contributed by atoms with Crippen molar-refractivity contribution in [2.24, 2.45) is 0 Å². The topological polar surface area (TPSA) is 44.4 Å². The van der Waals surface area contributed by atoms with Gasteiger partial charge in [0.15, 0.2) is 12.7 Å². The quantitative estimate of drug-likeness (QED) is 0.682. The molecule has 0 aliphatic carbocycles. The third-order valence-corrected chi connectivity index (χ3v) is 5.97. The second-order valence-electron chi connectivity index (χ2n) is 6.74. The number of anilines is 1. The van der Waals surface area contributed by atoms with Crippen molar-refractivity contribution in [1.82, 2.24) is 0 Å². The number of fused-ring (bicyclic) bond motifs is 2. The predicted octanol–water partition coefficient (Wildman–Crippen LogP) is 4.45. The van der Waals surface area contributed by atoms with Crippen molar-refractivity contribution in [3.05, 3.63) is 70.9 Å². The van der Waals surface area contributed by atoms with E-state index in [0.717, 1.165) is 16.5 Å². The van der Waals surface area contributed by atoms with Crippen LogP contribution in [0.4, 0.5) is 5.69 Å². The van der Waals surface area contributed by atoms with Crippen LogP contribution < -0.4 is 9.47 Å². The summed E-state index contributed by atoms with van der Waals surface area (Å²) in [6.07, 6.45) is 4.31. The summed E-state index contributed by atoms with van der Waals surface area (Å²) in [5, 5.41) is 11.3. The molecule has 0 amide bonds. The molecule has 0 saturated carbocycles. The van der Waals surface area contributed by atoms with Gasteiger partial charge in [0.1, 0.15) is 6.42 Å². The number of hydrogen-bond donors (Lipinski definition) is 1. The van der Waals surface area contributed by atoms with Gasteiger partial charge < -0.3 is 10.0 Å². The number of aliphatic carboxylic acids is 1. The number of thioether (sulfide) groups is 1. The lowest BCUT2D eigenvalue weighted by Crippen LogP contribution is -2.35. The van der Waals surface area contributed by atoms with E-state index >= 15 is 0 Å². The number of aryl methyl sites for hydroxylation is 2. The largest absolute Gasteiger partial charge is 0.481 e. The summed E-state index contributed by atoms with van der Waals surface area (Å²) < 4.78 is 2.01. The Morgan fingerprint density at radius 1 is 1.22 bits per heavy atom. The van der Waals surface area contributed by atoms with Crippen LogP contribution in [0, 0.1) is 6.92 Å². The highest BCUT2D eigenvalue weighted by Crippen LogP contribution is 2.46. The zero-order valence-corrected chi connectivity index (χ0v) is 16.2. The van der Waals surface area contributed by atoms with Gasteiger partial charge in [0.25, 0.3) is 0 Å². The third-order valence-electron chi connectivity index (χ3n) is 4.83. The monoisotopic (exact) mass is 377 g/mol. The zero-order chi connectivity index (χ0) is 19.0. The third kappa shape index (κ3) is 3.43. The minimum Gasteiger partial charge on any atom is -0.481 e. The SMILES string of the molecule is Cc1ccc2c(c1)SC(=Cc1cc[n+](CCC(=O)O)c3ccccc13)N2C. The summed E-state index contributed by atoms with van der Waals surface area (Å²) in [6.45, 7) is 2.58. The summed E-state index contributed by atoms with van der Waals surface area (Å²) in [4.78, 5) is 14.4. The van der Waals surface area contributed by atoms with Crippen LogP contribution in [0.3, 0.4) is 0 Å². The average molecular weight is 377 g/mol. The van der Waals surface area contributed by atoms with Gasteiger partial charge in [0, 0.05) is 24.1 Å². The molecule has 27 heavy (non-hydrogen) atoms. The maximum Gasteiger partial charge on any atom is 0.309 e. The predicted molar refractivity (Wildman–Crippen MR) is 110 cm³/mol. The van der Waals surface area contributed by atoms with Crippen LogP contribution in [0.15, 0.2) is 64.7 Å². The molecule has 4 nitrogen and oxygen atoms in total. The average Bonchev–Trinajstić information content (AvgIpc) is 2.95. The Kier molecular flexibility index (Phi) is 4.62. The van der Waals surface area contributed by atoms with E-state index in [0.29, 0.717) is 6.54 Å². The van der Waals surface area contributed by atoms with Crippen molar-refractivity contribution >= 4 is 40.4 Å². The fraction of sp³-hybridized carbons (Fsp3) is 0.182. The van der Waals surface area contributed by atoms with E-state index in [-0.39, 0.29) is 6.42 Å². The van der Waals surface area contributed by atoms with Crippen molar-refractivity contribution < 1.29 is 14.5 Å². The van der Waals surface area contributed by atoms with E-state index in [9.17, 15) is 4.79 Å². The van der Waals surface area contributed by atoms with Gasteiger partial charge in [-0.25, -0.2) is 0 Å². The Bertz CT molecular complexity index is 1080. The van der Waals surface area contributed by atoms with Crippen LogP contribution >= 0.6 is 11.8 Å². The normalized spacial score (nSPS) is 14.7. The van der Waals surface area contributed by atoms with Crippen molar-refractivity contribution in [2.75, 3.05) is 11.9 Å². The molecule has 0 fully saturated rings. The van der Waals surface area contributed by atoms with E-state index in [4.69, 9.17) is 5.11 Å². The van der Waals surface area contributed by atoms with Crippen LogP contribution in [0.1, 0.15) is 17.5 Å². The number of carbonyl (C=O) groups is 1. The second kappa shape index (κ2) is 7.08. The summed E-state index contributed by atoms with van der Waals surface area (Å²) >= 11 is 1.78. The first-order valence-electron chi connectivity index (χ1n) is 8.90. The number of rotatable bonds is 4. The highest BCUT2D eigenvalue weighted by atomic mass is 32.2. The van der Waals surface area contributed by atoms with E-state index in [1.807, 2.05) is 29.0 Å². The van der Waals surface area contributed by atoms with Crippen LogP contribution in [0.5, 0.6) is 0 Å². The zero-order valence-electron chi connectivity index (χ0n) is 15.3. The fourth-order valence-electron chi connectivity index (χ4n) is 3.38. The Balaban J connectivity index is 1.74. The molecule has 3 aromatic rings. The smallest absolute Gasteiger partial charge is 0.309 e. The molecule has 0 radical (unpaired) electrons. The number of nitrogens with zero attached hydrogens (tertiary/aromatic N) is 2. The van der Waals surface area contributed by atoms with E-state index in [1.165, 1.54) is 21.2 Å². The van der Waals surface area contributed by atoms with Gasteiger partial charge in [-0.3, -0.25) is 4.79 Å². The Morgan fingerprint density at radius 3 is 2.85 bits per heavy atom. The molecule has 1 aromatic heterocycles. The van der Waals surface area contributed by atoms with Crippen molar-refractivity contribution in [3.63, 3.8) is 0 Å². The first-order valence-corrected chi connectivity index (χ1v) is 9.71. The Morgan fingerprint density at radius 2 is 2.04 bits per heavy atom. The second-order valence-corrected chi connectivity index (χ2v) is 7.80. The van der Waals surface area contributed by atoms with Crippen molar-refractivity contribution in [3.8, 4) is 0 Å². The van der Waals surface area contributed by atoms with E-state index < -0.39 is 5.97 Å². The standard InChI is InChI=1S/C22H20N2O2S/c1-15-7-8-19-20(13-15)27-21(23(19)2)14-16-9-11-24(12-10-22(25)26)18-6-4-3-5-17(16)18/h3-9,11,13-14H,10,12H2,1-2H3/p+1. The van der Waals surface area contributed by atoms with Crippen molar-refractivity contribution in [1.29, 1.82) is 0 Å². The van der Waals surface area contributed by atoms with Gasteiger partial charge >= 0.3 is 5.97 Å². The van der Waals surface area contributed by atoms with Gasteiger partial charge in [-0.1, -0.05) is 30.0 Å². The molecule has 0 spiro atoms. The molecule has 1 aliphatic rings. The molecule has 136 valence electrons. The van der Waals surface area contributed by atoms with Gasteiger partial charge in [0.05, 0.1) is 16.1 Å². The minimum atomic E-state index is -0.783. The maximum absolute atomic E-state index is 10.9. The highest BCUT2D eigenvalue weighted by Gasteiger charge is 2.22. The molecular weight excluding hydrogens is 356 g/mol. The summed E-state index contributed by atoms with van der Waals surface area (Å²) in [7, 11) is 2.10. The first kappa shape index (κ1) is 17.6. The Labute approximate surface area is 162 Å². The number of carboxylic acids is 1. The summed E-state index contributed by atoms with van der Waals surface area (Å²) in [5.74, 6) is -0.783. The molecule has 0 bridgehead atoms. The lowest BCUT2D eigenvalue weighted by atomic mass is 10.1. The molecule has 5 heteroatoms. The first-order chi connectivity index (χ1) is 13.0. The number of carboxylic acid groups (broad SMARTS) is 1. The number of benzene rings is 2. The molecule has 2 heterocycles. The van der Waals surface area contributed by atoms with Crippen LogP contribution in [0.2, 0.25) is 0 Å². The van der Waals surface area contributed by atoms with Gasteiger partial charge in [-0.15, -0.1) is 0 Å². The fourth-order valence-corrected chi connectivity index (χ4v) is 4.59. The minimum absolute atomic E-state index is 0.113. The lowest BCUT2D eigenvalue weighted by molar-refractivity contribution is -0.670. The molecular formula is C22H21N2O2S+. The van der Waals surface area contributed by atoms with E-state index in [1.54, 1.807) is 11.8 Å². The van der Waals surface area contributed by atoms with E-state index in [2.05, 4.69) is 55.3 Å². The summed E-state index contributed by atoms with van der Waals surface area (Å²) in [6, 6.07) is 16.8. The molecule has 0 atom stereocenters. The maximum atomic E-state index is 10.9. The van der Waals surface area contributed by atoms with Gasteiger partial charge in [-0.05, 0) is 42.3 Å². The summed E-state index contributed by atoms with van der Waals surface area (Å²) in [5.41, 5.74) is 4.68. The number of pyridine rings is 1. The van der Waals surface area contributed by atoms with Gasteiger partial charge in [-0.2, -0.15) is 4.57 Å².